The molecule has 100 valence electrons. The van der Waals surface area contributed by atoms with Crippen LogP contribution in [0.15, 0.2) is 18.2 Å². The molecule has 1 atom stereocenters. The van der Waals surface area contributed by atoms with E-state index in [1.165, 1.54) is 19.2 Å². The van der Waals surface area contributed by atoms with Crippen LogP contribution in [-0.2, 0) is 9.53 Å². The summed E-state index contributed by atoms with van der Waals surface area (Å²) in [5, 5.41) is 45.2. The van der Waals surface area contributed by atoms with Crippen LogP contribution >= 0.6 is 0 Å². The molecule has 1 aromatic carbocycles. The summed E-state index contributed by atoms with van der Waals surface area (Å²) in [4.78, 5) is 10.9. The zero-order chi connectivity index (χ0) is 13.9. The van der Waals surface area contributed by atoms with Crippen LogP contribution in [0.2, 0.25) is 0 Å². The molecule has 0 heterocycles. The number of aliphatic carboxylic acids is 1. The van der Waals surface area contributed by atoms with Crippen molar-refractivity contribution in [3.63, 3.8) is 0 Å². The number of ether oxygens (including phenoxy) is 1. The molecule has 0 saturated heterocycles. The molecule has 1 rings (SSSR count). The van der Waals surface area contributed by atoms with Crippen molar-refractivity contribution in [3.8, 4) is 0 Å². The van der Waals surface area contributed by atoms with Crippen LogP contribution in [0.4, 0.5) is 0 Å². The fourth-order valence-electron chi connectivity index (χ4n) is 1.59. The number of carboxylic acid groups (broad SMARTS) is 1. The number of aliphatic hydroxyl groups is 4. The molecule has 0 amide bonds. The van der Waals surface area contributed by atoms with E-state index in [1.54, 1.807) is 0 Å². The van der Waals surface area contributed by atoms with Gasteiger partial charge in [-0.3, -0.25) is 0 Å². The lowest BCUT2D eigenvalue weighted by Crippen LogP contribution is -2.15. The van der Waals surface area contributed by atoms with Crippen LogP contribution in [0.3, 0.4) is 0 Å². The van der Waals surface area contributed by atoms with E-state index in [4.69, 9.17) is 30.3 Å². The second-order valence-corrected chi connectivity index (χ2v) is 3.59. The predicted molar refractivity (Wildman–Crippen MR) is 58.2 cm³/mol. The Labute approximate surface area is 103 Å². The van der Waals surface area contributed by atoms with Crippen molar-refractivity contribution in [2.45, 2.75) is 18.7 Å². The maximum absolute atomic E-state index is 10.9. The smallest absolute Gasteiger partial charge is 0.337 e. The molecule has 0 radical (unpaired) electrons. The highest BCUT2D eigenvalue weighted by atomic mass is 16.5. The van der Waals surface area contributed by atoms with Gasteiger partial charge in [-0.05, 0) is 11.6 Å². The molecule has 7 nitrogen and oxygen atoms in total. The average molecular weight is 258 g/mol. The van der Waals surface area contributed by atoms with Crippen molar-refractivity contribution in [1.82, 2.24) is 0 Å². The first-order chi connectivity index (χ1) is 8.38. The Morgan fingerprint density at radius 1 is 1.11 bits per heavy atom. The minimum Gasteiger partial charge on any atom is -0.479 e. The number of hydrogen-bond acceptors (Lipinski definition) is 6. The topological polar surface area (TPSA) is 127 Å². The summed E-state index contributed by atoms with van der Waals surface area (Å²) in [7, 11) is 1.20. The summed E-state index contributed by atoms with van der Waals surface area (Å²) >= 11 is 0. The van der Waals surface area contributed by atoms with Gasteiger partial charge in [-0.15, -0.1) is 0 Å². The average Bonchev–Trinajstić information content (AvgIpc) is 2.28. The highest BCUT2D eigenvalue weighted by molar-refractivity contribution is 5.74. The summed E-state index contributed by atoms with van der Waals surface area (Å²) in [5.41, 5.74) is -0.141. The second-order valence-electron chi connectivity index (χ2n) is 3.59. The largest absolute Gasteiger partial charge is 0.479 e. The quantitative estimate of drug-likeness (QED) is 0.447. The van der Waals surface area contributed by atoms with Crippen LogP contribution < -0.4 is 0 Å². The van der Waals surface area contributed by atoms with Gasteiger partial charge >= 0.3 is 5.97 Å². The molecule has 0 fully saturated rings. The molecule has 0 unspecified atom stereocenters. The van der Waals surface area contributed by atoms with Crippen LogP contribution in [-0.4, -0.2) is 38.6 Å². The number of carboxylic acids is 1. The van der Waals surface area contributed by atoms with Crippen molar-refractivity contribution in [2.75, 3.05) is 7.11 Å². The first-order valence-electron chi connectivity index (χ1n) is 5.00. The van der Waals surface area contributed by atoms with E-state index >= 15 is 0 Å². The fraction of sp³-hybridized carbons (Fsp3) is 0.364. The molecule has 7 heteroatoms. The first-order valence-corrected chi connectivity index (χ1v) is 5.00. The maximum atomic E-state index is 10.9. The molecular weight excluding hydrogens is 244 g/mol. The molecule has 18 heavy (non-hydrogen) atoms. The van der Waals surface area contributed by atoms with Crippen LogP contribution in [0.25, 0.3) is 0 Å². The monoisotopic (exact) mass is 258 g/mol. The normalized spacial score (nSPS) is 13.1. The molecule has 5 N–H and O–H groups in total. The molecule has 0 aliphatic rings. The number of benzene rings is 1. The molecular formula is C11H14O7. The fourth-order valence-corrected chi connectivity index (χ4v) is 1.59. The van der Waals surface area contributed by atoms with Gasteiger partial charge in [0.2, 0.25) is 0 Å². The summed E-state index contributed by atoms with van der Waals surface area (Å²) in [6.07, 6.45) is -5.11. The van der Waals surface area contributed by atoms with Crippen LogP contribution in [0.1, 0.15) is 35.4 Å². The van der Waals surface area contributed by atoms with Crippen molar-refractivity contribution >= 4 is 5.97 Å². The Morgan fingerprint density at radius 2 is 1.67 bits per heavy atom. The summed E-state index contributed by atoms with van der Waals surface area (Å²) in [6, 6.07) is 3.65. The van der Waals surface area contributed by atoms with Crippen molar-refractivity contribution in [2.24, 2.45) is 0 Å². The molecule has 1 aromatic rings. The number of methoxy groups -OCH3 is 1. The highest BCUT2D eigenvalue weighted by Gasteiger charge is 2.22. The minimum absolute atomic E-state index is 0.117. The van der Waals surface area contributed by atoms with Crippen molar-refractivity contribution in [1.29, 1.82) is 0 Å². The summed E-state index contributed by atoms with van der Waals surface area (Å²) < 4.78 is 4.75. The van der Waals surface area contributed by atoms with Gasteiger partial charge in [-0.1, -0.05) is 12.1 Å². The van der Waals surface area contributed by atoms with Gasteiger partial charge in [-0.2, -0.15) is 0 Å². The minimum atomic E-state index is -1.95. The van der Waals surface area contributed by atoms with Gasteiger partial charge < -0.3 is 30.3 Å². The van der Waals surface area contributed by atoms with E-state index in [-0.39, 0.29) is 16.7 Å². The molecule has 0 aliphatic carbocycles. The Bertz CT molecular complexity index is 427. The Balaban J connectivity index is 3.26. The Morgan fingerprint density at radius 3 is 2.06 bits per heavy atom. The number of aliphatic hydroxyl groups excluding tert-OH is 2. The zero-order valence-corrected chi connectivity index (χ0v) is 9.52. The Kier molecular flexibility index (Phi) is 4.76. The molecule has 0 aromatic heterocycles. The van der Waals surface area contributed by atoms with E-state index in [1.807, 2.05) is 0 Å². The molecule has 0 bridgehead atoms. The Hall–Kier alpha value is -1.51. The van der Waals surface area contributed by atoms with Crippen LogP contribution in [0, 0.1) is 0 Å². The standard InChI is InChI=1S/C11H14O7/c1-18-8(11(16)17)5-2-3-6(9(12)13)7(4-5)10(14)15/h2-4,8-10,12-15H,1H3,(H,16,17)/t8-/m1/s1. The van der Waals surface area contributed by atoms with Gasteiger partial charge in [-0.25, -0.2) is 4.79 Å². The summed E-state index contributed by atoms with van der Waals surface area (Å²) in [5.74, 6) is -1.24. The van der Waals surface area contributed by atoms with Crippen molar-refractivity contribution < 1.29 is 35.1 Å². The highest BCUT2D eigenvalue weighted by Crippen LogP contribution is 2.26. The van der Waals surface area contributed by atoms with E-state index in [0.29, 0.717) is 0 Å². The summed E-state index contributed by atoms with van der Waals surface area (Å²) in [6.45, 7) is 0. The lowest BCUT2D eigenvalue weighted by atomic mass is 10.00. The number of hydrogen-bond donors (Lipinski definition) is 5. The van der Waals surface area contributed by atoms with E-state index in [0.717, 1.165) is 6.07 Å². The van der Waals surface area contributed by atoms with Gasteiger partial charge in [0, 0.05) is 18.2 Å². The zero-order valence-electron chi connectivity index (χ0n) is 9.52. The van der Waals surface area contributed by atoms with E-state index in [9.17, 15) is 4.79 Å². The predicted octanol–water partition coefficient (Wildman–Crippen LogP) is -0.575. The third-order valence-electron chi connectivity index (χ3n) is 2.43. The van der Waals surface area contributed by atoms with Gasteiger partial charge in [0.25, 0.3) is 0 Å². The third-order valence-corrected chi connectivity index (χ3v) is 2.43. The first kappa shape index (κ1) is 14.6. The van der Waals surface area contributed by atoms with Crippen LogP contribution in [0.5, 0.6) is 0 Å². The van der Waals surface area contributed by atoms with Crippen molar-refractivity contribution in [3.05, 3.63) is 34.9 Å². The van der Waals surface area contributed by atoms with Gasteiger partial charge in [0.1, 0.15) is 0 Å². The lowest BCUT2D eigenvalue weighted by Gasteiger charge is -2.17. The molecule has 0 spiro atoms. The lowest BCUT2D eigenvalue weighted by molar-refractivity contribution is -0.148. The number of rotatable bonds is 5. The molecule has 0 aliphatic heterocycles. The van der Waals surface area contributed by atoms with Gasteiger partial charge in [0.05, 0.1) is 0 Å². The van der Waals surface area contributed by atoms with Gasteiger partial charge in [0.15, 0.2) is 18.7 Å². The third kappa shape index (κ3) is 3.03. The van der Waals surface area contributed by atoms with E-state index < -0.39 is 24.7 Å². The second kappa shape index (κ2) is 5.89. The molecule has 0 saturated carbocycles. The maximum Gasteiger partial charge on any atom is 0.337 e. The van der Waals surface area contributed by atoms with E-state index in [2.05, 4.69) is 0 Å². The SMILES string of the molecule is CO[C@@H](C(=O)O)c1ccc(C(O)O)c(C(O)O)c1. The number of carbonyl (C=O) groups is 1.